The van der Waals surface area contributed by atoms with E-state index in [1.807, 2.05) is 0 Å². The first-order valence-electron chi connectivity index (χ1n) is 15.3. The summed E-state index contributed by atoms with van der Waals surface area (Å²) >= 11 is 0. The third-order valence-electron chi connectivity index (χ3n) is 6.84. The van der Waals surface area contributed by atoms with Crippen LogP contribution >= 0.6 is 0 Å². The van der Waals surface area contributed by atoms with Gasteiger partial charge in [-0.25, -0.2) is 0 Å². The van der Waals surface area contributed by atoms with E-state index in [0.29, 0.717) is 12.8 Å². The summed E-state index contributed by atoms with van der Waals surface area (Å²) < 4.78 is 10.9. The number of carbonyl (C=O) groups is 2. The lowest BCUT2D eigenvalue weighted by Crippen LogP contribution is -2.40. The van der Waals surface area contributed by atoms with E-state index in [1.54, 1.807) is 0 Å². The molecule has 0 radical (unpaired) electrons. The predicted molar refractivity (Wildman–Crippen MR) is 148 cm³/mol. The number of aliphatic hydroxyl groups is 3. The SMILES string of the molecule is CCCCCCCCCCCC(=O)OC(CO)C(CC(O)CO)OC(=O)CCCCCCCCCCC. The van der Waals surface area contributed by atoms with Gasteiger partial charge in [0, 0.05) is 19.3 Å². The Morgan fingerprint density at radius 3 is 1.24 bits per heavy atom. The van der Waals surface area contributed by atoms with Crippen LogP contribution in [0.15, 0.2) is 0 Å². The van der Waals surface area contributed by atoms with Crippen molar-refractivity contribution in [3.63, 3.8) is 0 Å². The molecule has 0 spiro atoms. The molecule has 0 amide bonds. The number of hydrogen-bond donors (Lipinski definition) is 3. The molecule has 0 aliphatic rings. The third kappa shape index (κ3) is 22.5. The Balaban J connectivity index is 4.32. The largest absolute Gasteiger partial charge is 0.458 e. The summed E-state index contributed by atoms with van der Waals surface area (Å²) in [5, 5.41) is 28.9. The molecule has 0 aliphatic carbocycles. The molecule has 220 valence electrons. The summed E-state index contributed by atoms with van der Waals surface area (Å²) in [6.45, 7) is 3.40. The minimum Gasteiger partial charge on any atom is -0.458 e. The second-order valence-corrected chi connectivity index (χ2v) is 10.5. The molecule has 0 rings (SSSR count). The van der Waals surface area contributed by atoms with Gasteiger partial charge in [0.25, 0.3) is 0 Å². The predicted octanol–water partition coefficient (Wildman–Crippen LogP) is 6.39. The molecule has 0 aliphatic heterocycles. The first-order valence-corrected chi connectivity index (χ1v) is 15.3. The van der Waals surface area contributed by atoms with Crippen molar-refractivity contribution >= 4 is 11.9 Å². The highest BCUT2D eigenvalue weighted by Crippen LogP contribution is 2.17. The number of aliphatic hydroxyl groups excluding tert-OH is 3. The third-order valence-corrected chi connectivity index (χ3v) is 6.84. The molecule has 3 N–H and O–H groups in total. The van der Waals surface area contributed by atoms with E-state index in [-0.39, 0.29) is 19.3 Å². The Morgan fingerprint density at radius 2 is 0.892 bits per heavy atom. The summed E-state index contributed by atoms with van der Waals surface area (Å²) in [6.07, 6.45) is 17.7. The monoisotopic (exact) mass is 530 g/mol. The van der Waals surface area contributed by atoms with Gasteiger partial charge in [0.05, 0.1) is 19.3 Å². The van der Waals surface area contributed by atoms with E-state index in [0.717, 1.165) is 25.7 Å². The fourth-order valence-corrected chi connectivity index (χ4v) is 4.46. The molecular weight excluding hydrogens is 472 g/mol. The van der Waals surface area contributed by atoms with Gasteiger partial charge in [-0.15, -0.1) is 0 Å². The highest BCUT2D eigenvalue weighted by molar-refractivity contribution is 5.70. The summed E-state index contributed by atoms with van der Waals surface area (Å²) in [6, 6.07) is 0. The van der Waals surface area contributed by atoms with Crippen LogP contribution in [0.25, 0.3) is 0 Å². The number of esters is 2. The van der Waals surface area contributed by atoms with Crippen LogP contribution < -0.4 is 0 Å². The Hall–Kier alpha value is -1.18. The zero-order valence-electron chi connectivity index (χ0n) is 24.0. The van der Waals surface area contributed by atoms with Crippen LogP contribution in [0.1, 0.15) is 149 Å². The summed E-state index contributed by atoms with van der Waals surface area (Å²) in [4.78, 5) is 24.7. The Bertz CT molecular complexity index is 526. The average Bonchev–Trinajstić information content (AvgIpc) is 2.89. The lowest BCUT2D eigenvalue weighted by molar-refractivity contribution is -0.174. The van der Waals surface area contributed by atoms with Crippen molar-refractivity contribution in [3.05, 3.63) is 0 Å². The fraction of sp³-hybridized carbons (Fsp3) is 0.933. The average molecular weight is 531 g/mol. The van der Waals surface area contributed by atoms with Crippen molar-refractivity contribution in [2.45, 2.75) is 167 Å². The highest BCUT2D eigenvalue weighted by atomic mass is 16.6. The van der Waals surface area contributed by atoms with Crippen LogP contribution in [0, 0.1) is 0 Å². The van der Waals surface area contributed by atoms with E-state index in [9.17, 15) is 24.9 Å². The smallest absolute Gasteiger partial charge is 0.306 e. The van der Waals surface area contributed by atoms with Gasteiger partial charge in [0.2, 0.25) is 0 Å². The van der Waals surface area contributed by atoms with Crippen LogP contribution in [0.5, 0.6) is 0 Å². The summed E-state index contributed by atoms with van der Waals surface area (Å²) in [5.41, 5.74) is 0. The molecule has 7 nitrogen and oxygen atoms in total. The number of rotatable bonds is 27. The lowest BCUT2D eigenvalue weighted by Gasteiger charge is -2.27. The van der Waals surface area contributed by atoms with Gasteiger partial charge in [-0.1, -0.05) is 117 Å². The van der Waals surface area contributed by atoms with E-state index in [1.165, 1.54) is 77.0 Å². The zero-order chi connectivity index (χ0) is 27.6. The Kier molecular flexibility index (Phi) is 25.6. The second-order valence-electron chi connectivity index (χ2n) is 10.5. The number of ether oxygens (including phenoxy) is 2. The molecule has 0 bridgehead atoms. The van der Waals surface area contributed by atoms with Crippen molar-refractivity contribution in [2.75, 3.05) is 13.2 Å². The number of carbonyl (C=O) groups excluding carboxylic acids is 2. The van der Waals surface area contributed by atoms with E-state index in [2.05, 4.69) is 13.8 Å². The first-order chi connectivity index (χ1) is 18.0. The van der Waals surface area contributed by atoms with Crippen molar-refractivity contribution in [1.29, 1.82) is 0 Å². The Labute approximate surface area is 226 Å². The topological polar surface area (TPSA) is 113 Å². The quantitative estimate of drug-likeness (QED) is 0.0833. The maximum Gasteiger partial charge on any atom is 0.306 e. The van der Waals surface area contributed by atoms with E-state index < -0.39 is 43.5 Å². The van der Waals surface area contributed by atoms with Crippen molar-refractivity contribution in [3.8, 4) is 0 Å². The van der Waals surface area contributed by atoms with Gasteiger partial charge in [0.1, 0.15) is 6.10 Å². The lowest BCUT2D eigenvalue weighted by atomic mass is 10.1. The molecule has 0 aromatic rings. The second kappa shape index (κ2) is 26.4. The minimum absolute atomic E-state index is 0.101. The number of unbranched alkanes of at least 4 members (excludes halogenated alkanes) is 16. The molecule has 0 saturated carbocycles. The molecule has 3 unspecified atom stereocenters. The molecule has 0 heterocycles. The molecule has 3 atom stereocenters. The van der Waals surface area contributed by atoms with Crippen LogP contribution in [-0.4, -0.2) is 58.8 Å². The molecule has 0 aromatic carbocycles. The summed E-state index contributed by atoms with van der Waals surface area (Å²) in [7, 11) is 0. The van der Waals surface area contributed by atoms with Crippen LogP contribution in [0.4, 0.5) is 0 Å². The molecule has 0 fully saturated rings. The molecule has 7 heteroatoms. The first kappa shape index (κ1) is 35.8. The molecule has 0 saturated heterocycles. The zero-order valence-corrected chi connectivity index (χ0v) is 24.0. The van der Waals surface area contributed by atoms with Crippen molar-refractivity contribution < 1.29 is 34.4 Å². The standard InChI is InChI=1S/C30H58O7/c1-3-5-7-9-11-13-15-17-19-21-29(34)36-27(23-26(33)24-31)28(25-32)37-30(35)22-20-18-16-14-12-10-8-6-4-2/h26-28,31-33H,3-25H2,1-2H3. The van der Waals surface area contributed by atoms with Gasteiger partial charge in [-0.2, -0.15) is 0 Å². The van der Waals surface area contributed by atoms with Crippen LogP contribution in [0.3, 0.4) is 0 Å². The van der Waals surface area contributed by atoms with Gasteiger partial charge in [0.15, 0.2) is 6.10 Å². The Morgan fingerprint density at radius 1 is 0.541 bits per heavy atom. The normalized spacial score (nSPS) is 13.8. The van der Waals surface area contributed by atoms with Gasteiger partial charge >= 0.3 is 11.9 Å². The van der Waals surface area contributed by atoms with Gasteiger partial charge in [-0.3, -0.25) is 9.59 Å². The van der Waals surface area contributed by atoms with Gasteiger partial charge < -0.3 is 24.8 Å². The van der Waals surface area contributed by atoms with Crippen LogP contribution in [0.2, 0.25) is 0 Å². The van der Waals surface area contributed by atoms with Crippen molar-refractivity contribution in [2.24, 2.45) is 0 Å². The van der Waals surface area contributed by atoms with E-state index in [4.69, 9.17) is 9.47 Å². The minimum atomic E-state index is -1.13. The fourth-order valence-electron chi connectivity index (χ4n) is 4.46. The number of hydrogen-bond acceptors (Lipinski definition) is 7. The van der Waals surface area contributed by atoms with Crippen LogP contribution in [-0.2, 0) is 19.1 Å². The maximum atomic E-state index is 12.4. The molecular formula is C30H58O7. The van der Waals surface area contributed by atoms with Gasteiger partial charge in [-0.05, 0) is 12.8 Å². The summed E-state index contributed by atoms with van der Waals surface area (Å²) in [5.74, 6) is -0.882. The maximum absolute atomic E-state index is 12.4. The highest BCUT2D eigenvalue weighted by Gasteiger charge is 2.30. The molecule has 37 heavy (non-hydrogen) atoms. The van der Waals surface area contributed by atoms with E-state index >= 15 is 0 Å². The molecule has 0 aromatic heterocycles. The van der Waals surface area contributed by atoms with Crippen molar-refractivity contribution in [1.82, 2.24) is 0 Å².